The van der Waals surface area contributed by atoms with Gasteiger partial charge in [0.1, 0.15) is 5.76 Å². The molecule has 2 heterocycles. The quantitative estimate of drug-likeness (QED) is 0.706. The van der Waals surface area contributed by atoms with Crippen molar-refractivity contribution in [2.75, 3.05) is 26.2 Å². The zero-order chi connectivity index (χ0) is 18.9. The summed E-state index contributed by atoms with van der Waals surface area (Å²) in [6, 6.07) is 13.7. The molecule has 1 aliphatic heterocycles. The summed E-state index contributed by atoms with van der Waals surface area (Å²) in [4.78, 5) is 26.7. The topological polar surface area (TPSA) is 74.6 Å². The van der Waals surface area contributed by atoms with E-state index in [4.69, 9.17) is 4.42 Å². The Morgan fingerprint density at radius 3 is 2.81 bits per heavy atom. The SMILES string of the molecule is O=C(C[C@@H]1C(=O)NCCN1CCCc1ccccc1)NCCc1ccco1. The number of nitrogens with one attached hydrogen (secondary N) is 2. The first-order chi connectivity index (χ1) is 13.2. The van der Waals surface area contributed by atoms with Crippen molar-refractivity contribution in [3.63, 3.8) is 0 Å². The zero-order valence-electron chi connectivity index (χ0n) is 15.5. The second kappa shape index (κ2) is 9.92. The van der Waals surface area contributed by atoms with Gasteiger partial charge in [-0.2, -0.15) is 0 Å². The molecule has 1 aromatic heterocycles. The normalized spacial score (nSPS) is 17.5. The first-order valence-electron chi connectivity index (χ1n) is 9.57. The van der Waals surface area contributed by atoms with Crippen LogP contribution < -0.4 is 10.6 Å². The van der Waals surface area contributed by atoms with E-state index in [9.17, 15) is 9.59 Å². The number of nitrogens with zero attached hydrogens (tertiary/aromatic N) is 1. The van der Waals surface area contributed by atoms with Crippen molar-refractivity contribution >= 4 is 11.8 Å². The van der Waals surface area contributed by atoms with Crippen LogP contribution >= 0.6 is 0 Å². The molecular weight excluding hydrogens is 342 g/mol. The fourth-order valence-corrected chi connectivity index (χ4v) is 3.41. The van der Waals surface area contributed by atoms with Crippen molar-refractivity contribution in [3.8, 4) is 0 Å². The number of carbonyl (C=O) groups excluding carboxylic acids is 2. The minimum absolute atomic E-state index is 0.0536. The molecule has 3 rings (SSSR count). The maximum Gasteiger partial charge on any atom is 0.237 e. The lowest BCUT2D eigenvalue weighted by atomic mass is 10.1. The molecule has 2 aromatic rings. The van der Waals surface area contributed by atoms with E-state index >= 15 is 0 Å². The Labute approximate surface area is 159 Å². The van der Waals surface area contributed by atoms with Gasteiger partial charge in [0.2, 0.25) is 11.8 Å². The van der Waals surface area contributed by atoms with Gasteiger partial charge in [-0.25, -0.2) is 0 Å². The van der Waals surface area contributed by atoms with E-state index in [-0.39, 0.29) is 18.2 Å². The predicted molar refractivity (Wildman–Crippen MR) is 103 cm³/mol. The Morgan fingerprint density at radius 1 is 1.19 bits per heavy atom. The number of hydrogen-bond donors (Lipinski definition) is 2. The molecule has 0 unspecified atom stereocenters. The third-order valence-corrected chi connectivity index (χ3v) is 4.85. The Balaban J connectivity index is 1.44. The minimum Gasteiger partial charge on any atom is -0.469 e. The smallest absolute Gasteiger partial charge is 0.237 e. The molecule has 2 N–H and O–H groups in total. The fraction of sp³-hybridized carbons (Fsp3) is 0.429. The summed E-state index contributed by atoms with van der Waals surface area (Å²) < 4.78 is 5.26. The molecule has 1 aromatic carbocycles. The van der Waals surface area contributed by atoms with Gasteiger partial charge in [0.15, 0.2) is 0 Å². The van der Waals surface area contributed by atoms with Crippen molar-refractivity contribution in [1.29, 1.82) is 0 Å². The number of aryl methyl sites for hydroxylation is 1. The highest BCUT2D eigenvalue weighted by Gasteiger charge is 2.31. The van der Waals surface area contributed by atoms with Crippen LogP contribution in [0.15, 0.2) is 53.1 Å². The molecule has 0 aliphatic carbocycles. The number of rotatable bonds is 9. The Morgan fingerprint density at radius 2 is 2.04 bits per heavy atom. The summed E-state index contributed by atoms with van der Waals surface area (Å²) in [6.07, 6.45) is 4.40. The van der Waals surface area contributed by atoms with Gasteiger partial charge in [-0.15, -0.1) is 0 Å². The van der Waals surface area contributed by atoms with E-state index in [1.54, 1.807) is 6.26 Å². The molecule has 0 bridgehead atoms. The maximum atomic E-state index is 12.3. The zero-order valence-corrected chi connectivity index (χ0v) is 15.5. The van der Waals surface area contributed by atoms with Gasteiger partial charge in [0.05, 0.1) is 18.7 Å². The van der Waals surface area contributed by atoms with Gasteiger partial charge in [-0.1, -0.05) is 30.3 Å². The van der Waals surface area contributed by atoms with Crippen LogP contribution in [-0.4, -0.2) is 48.9 Å². The third kappa shape index (κ3) is 5.96. The highest BCUT2D eigenvalue weighted by atomic mass is 16.3. The maximum absolute atomic E-state index is 12.3. The van der Waals surface area contributed by atoms with Crippen LogP contribution in [0.25, 0.3) is 0 Å². The van der Waals surface area contributed by atoms with Crippen molar-refractivity contribution in [2.24, 2.45) is 0 Å². The molecule has 6 heteroatoms. The number of piperazine rings is 1. The molecule has 1 aliphatic rings. The molecule has 27 heavy (non-hydrogen) atoms. The van der Waals surface area contributed by atoms with E-state index in [1.807, 2.05) is 30.3 Å². The van der Waals surface area contributed by atoms with Gasteiger partial charge in [0, 0.05) is 26.1 Å². The highest BCUT2D eigenvalue weighted by Crippen LogP contribution is 2.11. The highest BCUT2D eigenvalue weighted by molar-refractivity contribution is 5.88. The lowest BCUT2D eigenvalue weighted by Crippen LogP contribution is -2.56. The van der Waals surface area contributed by atoms with Crippen molar-refractivity contribution in [1.82, 2.24) is 15.5 Å². The molecule has 0 saturated carbocycles. The van der Waals surface area contributed by atoms with E-state index < -0.39 is 6.04 Å². The van der Waals surface area contributed by atoms with Crippen molar-refractivity contribution < 1.29 is 14.0 Å². The van der Waals surface area contributed by atoms with Crippen LogP contribution in [0, 0.1) is 0 Å². The van der Waals surface area contributed by atoms with Crippen LogP contribution in [0.2, 0.25) is 0 Å². The second-order valence-electron chi connectivity index (χ2n) is 6.82. The van der Waals surface area contributed by atoms with Crippen molar-refractivity contribution in [3.05, 3.63) is 60.1 Å². The summed E-state index contributed by atoms with van der Waals surface area (Å²) in [7, 11) is 0. The summed E-state index contributed by atoms with van der Waals surface area (Å²) in [6.45, 7) is 2.74. The molecular formula is C21H27N3O3. The number of benzene rings is 1. The van der Waals surface area contributed by atoms with Crippen LogP contribution in [0.5, 0.6) is 0 Å². The van der Waals surface area contributed by atoms with Gasteiger partial charge >= 0.3 is 0 Å². The summed E-state index contributed by atoms with van der Waals surface area (Å²) in [5.41, 5.74) is 1.30. The Kier molecular flexibility index (Phi) is 7.04. The first kappa shape index (κ1) is 19.2. The largest absolute Gasteiger partial charge is 0.469 e. The molecule has 144 valence electrons. The fourth-order valence-electron chi connectivity index (χ4n) is 3.41. The average Bonchev–Trinajstić information content (AvgIpc) is 3.19. The van der Waals surface area contributed by atoms with E-state index in [1.165, 1.54) is 5.56 Å². The van der Waals surface area contributed by atoms with Crippen LogP contribution in [0.1, 0.15) is 24.2 Å². The average molecular weight is 369 g/mol. The third-order valence-electron chi connectivity index (χ3n) is 4.85. The second-order valence-corrected chi connectivity index (χ2v) is 6.82. The van der Waals surface area contributed by atoms with E-state index in [2.05, 4.69) is 27.7 Å². The number of carbonyl (C=O) groups is 2. The number of furan rings is 1. The van der Waals surface area contributed by atoms with Crippen LogP contribution in [0.4, 0.5) is 0 Å². The van der Waals surface area contributed by atoms with Crippen LogP contribution in [-0.2, 0) is 22.4 Å². The molecule has 1 atom stereocenters. The molecule has 0 radical (unpaired) electrons. The lowest BCUT2D eigenvalue weighted by molar-refractivity contribution is -0.133. The van der Waals surface area contributed by atoms with Gasteiger partial charge in [0.25, 0.3) is 0 Å². The number of amides is 2. The number of hydrogen-bond acceptors (Lipinski definition) is 4. The van der Waals surface area contributed by atoms with Gasteiger partial charge in [-0.05, 0) is 37.1 Å². The first-order valence-corrected chi connectivity index (χ1v) is 9.57. The summed E-state index contributed by atoms with van der Waals surface area (Å²) in [5.74, 6) is 0.687. The predicted octanol–water partition coefficient (Wildman–Crippen LogP) is 1.76. The van der Waals surface area contributed by atoms with Gasteiger partial charge in [-0.3, -0.25) is 14.5 Å². The van der Waals surface area contributed by atoms with E-state index in [0.717, 1.165) is 31.7 Å². The molecule has 2 amide bonds. The lowest BCUT2D eigenvalue weighted by Gasteiger charge is -2.34. The molecule has 0 spiro atoms. The molecule has 1 saturated heterocycles. The standard InChI is InChI=1S/C21H27N3O3/c25-20(22-11-10-18-9-5-15-27-18)16-19-21(26)23-12-14-24(19)13-4-8-17-6-2-1-3-7-17/h1-3,5-7,9,15,19H,4,8,10-14,16H2,(H,22,25)(H,23,26)/t19-/m1/s1. The van der Waals surface area contributed by atoms with Crippen LogP contribution in [0.3, 0.4) is 0 Å². The minimum atomic E-state index is -0.391. The monoisotopic (exact) mass is 369 g/mol. The summed E-state index contributed by atoms with van der Waals surface area (Å²) in [5, 5.41) is 5.76. The Hall–Kier alpha value is -2.60. The molecule has 1 fully saturated rings. The molecule has 6 nitrogen and oxygen atoms in total. The summed E-state index contributed by atoms with van der Waals surface area (Å²) >= 11 is 0. The van der Waals surface area contributed by atoms with E-state index in [0.29, 0.717) is 19.5 Å². The Bertz CT molecular complexity index is 716. The van der Waals surface area contributed by atoms with Crippen molar-refractivity contribution in [2.45, 2.75) is 31.7 Å². The van der Waals surface area contributed by atoms with Gasteiger partial charge < -0.3 is 15.1 Å².